The molecule has 158 valence electrons. The Balaban J connectivity index is 1.17. The smallest absolute Gasteiger partial charge is 0.315 e. The third-order valence-electron chi connectivity index (χ3n) is 5.42. The van der Waals surface area contributed by atoms with Crippen molar-refractivity contribution >= 4 is 35.1 Å². The topological polar surface area (TPSA) is 79.5 Å². The van der Waals surface area contributed by atoms with Crippen LogP contribution in [0.5, 0.6) is 5.75 Å². The van der Waals surface area contributed by atoms with E-state index >= 15 is 0 Å². The lowest BCUT2D eigenvalue weighted by Crippen LogP contribution is -2.84. The van der Waals surface area contributed by atoms with E-state index in [0.29, 0.717) is 40.6 Å². The second-order valence-electron chi connectivity index (χ2n) is 7.94. The fraction of sp³-hybridized carbons (Fsp3) is 0.333. The first-order chi connectivity index (χ1) is 14.3. The lowest BCUT2D eigenvalue weighted by atomic mass is 9.44. The third kappa shape index (κ3) is 4.47. The van der Waals surface area contributed by atoms with E-state index in [1.54, 1.807) is 30.3 Å². The number of halogens is 3. The van der Waals surface area contributed by atoms with Crippen LogP contribution in [-0.2, 0) is 11.3 Å². The Labute approximate surface area is 183 Å². The van der Waals surface area contributed by atoms with E-state index in [1.807, 2.05) is 0 Å². The van der Waals surface area contributed by atoms with Crippen LogP contribution < -0.4 is 20.7 Å². The Hall–Kier alpha value is -2.51. The summed E-state index contributed by atoms with van der Waals surface area (Å²) in [6, 6.07) is 10.6. The van der Waals surface area contributed by atoms with Crippen molar-refractivity contribution in [2.45, 2.75) is 36.9 Å². The standard InChI is InChI=1S/C21H20Cl2FN3O3/c22-16-5-4-15(7-17(16)23)30-9-18(28)26-20-10-21(11-20,12-20)27-19(29)25-8-13-2-1-3-14(24)6-13/h1-7H,8-12H2,(H,26,28)(H2,25,27,29). The zero-order valence-corrected chi connectivity index (χ0v) is 17.4. The number of nitrogens with one attached hydrogen (secondary N) is 3. The minimum atomic E-state index is -0.338. The molecule has 3 amide bonds. The van der Waals surface area contributed by atoms with Crippen LogP contribution in [0.4, 0.5) is 9.18 Å². The van der Waals surface area contributed by atoms with Gasteiger partial charge in [-0.3, -0.25) is 4.79 Å². The molecule has 2 aromatic carbocycles. The fourth-order valence-corrected chi connectivity index (χ4v) is 4.50. The van der Waals surface area contributed by atoms with Crippen molar-refractivity contribution in [3.63, 3.8) is 0 Å². The van der Waals surface area contributed by atoms with Gasteiger partial charge in [0.1, 0.15) is 11.6 Å². The van der Waals surface area contributed by atoms with Crippen molar-refractivity contribution in [1.29, 1.82) is 0 Å². The summed E-state index contributed by atoms with van der Waals surface area (Å²) in [5, 5.41) is 9.45. The molecule has 0 saturated heterocycles. The first-order valence-electron chi connectivity index (χ1n) is 9.46. The lowest BCUT2D eigenvalue weighted by Gasteiger charge is -2.70. The molecule has 9 heteroatoms. The van der Waals surface area contributed by atoms with Gasteiger partial charge in [0.05, 0.1) is 10.0 Å². The SMILES string of the molecule is O=C(COc1ccc(Cl)c(Cl)c1)NC12CC(NC(=O)NCc3cccc(F)c3)(C1)C2. The molecule has 0 aromatic heterocycles. The van der Waals surface area contributed by atoms with Crippen LogP contribution in [0.1, 0.15) is 24.8 Å². The molecule has 0 atom stereocenters. The number of carbonyl (C=O) groups is 2. The largest absolute Gasteiger partial charge is 0.484 e. The van der Waals surface area contributed by atoms with Crippen molar-refractivity contribution in [1.82, 2.24) is 16.0 Å². The highest BCUT2D eigenvalue weighted by molar-refractivity contribution is 6.42. The summed E-state index contributed by atoms with van der Waals surface area (Å²) in [4.78, 5) is 24.3. The molecule has 3 saturated carbocycles. The average Bonchev–Trinajstić information content (AvgIpc) is 2.65. The Morgan fingerprint density at radius 3 is 2.43 bits per heavy atom. The molecule has 0 unspecified atom stereocenters. The predicted octanol–water partition coefficient (Wildman–Crippen LogP) is 3.80. The van der Waals surface area contributed by atoms with E-state index in [9.17, 15) is 14.0 Å². The Morgan fingerprint density at radius 1 is 1.00 bits per heavy atom. The average molecular weight is 452 g/mol. The fourth-order valence-electron chi connectivity index (χ4n) is 4.21. The van der Waals surface area contributed by atoms with E-state index in [-0.39, 0.29) is 42.0 Å². The normalized spacial score (nSPS) is 23.6. The van der Waals surface area contributed by atoms with Crippen LogP contribution >= 0.6 is 23.2 Å². The maximum atomic E-state index is 13.2. The van der Waals surface area contributed by atoms with E-state index in [0.717, 1.165) is 0 Å². The molecule has 2 bridgehead atoms. The van der Waals surface area contributed by atoms with Gasteiger partial charge in [0.25, 0.3) is 5.91 Å². The molecule has 0 spiro atoms. The maximum Gasteiger partial charge on any atom is 0.315 e. The van der Waals surface area contributed by atoms with E-state index in [4.69, 9.17) is 27.9 Å². The minimum Gasteiger partial charge on any atom is -0.484 e. The van der Waals surface area contributed by atoms with Gasteiger partial charge in [-0.25, -0.2) is 9.18 Å². The molecule has 0 heterocycles. The Kier molecular flexibility index (Phi) is 5.51. The summed E-state index contributed by atoms with van der Waals surface area (Å²) < 4.78 is 18.6. The van der Waals surface area contributed by atoms with E-state index in [1.165, 1.54) is 12.1 Å². The van der Waals surface area contributed by atoms with Crippen LogP contribution in [-0.4, -0.2) is 29.6 Å². The minimum absolute atomic E-state index is 0.131. The Bertz CT molecular complexity index is 981. The number of urea groups is 1. The highest BCUT2D eigenvalue weighted by Gasteiger charge is 2.69. The second kappa shape index (κ2) is 7.96. The first kappa shape index (κ1) is 20.8. The maximum absolute atomic E-state index is 13.2. The number of amides is 3. The van der Waals surface area contributed by atoms with Crippen molar-refractivity contribution in [3.05, 3.63) is 63.9 Å². The molecule has 3 aliphatic carbocycles. The van der Waals surface area contributed by atoms with E-state index < -0.39 is 0 Å². The highest BCUT2D eigenvalue weighted by Crippen LogP contribution is 2.60. The zero-order chi connectivity index (χ0) is 21.4. The van der Waals surface area contributed by atoms with Gasteiger partial charge in [0.2, 0.25) is 0 Å². The van der Waals surface area contributed by atoms with E-state index in [2.05, 4.69) is 16.0 Å². The summed E-state index contributed by atoms with van der Waals surface area (Å²) in [6.07, 6.45) is 2.02. The van der Waals surface area contributed by atoms with Crippen LogP contribution in [0.2, 0.25) is 10.0 Å². The van der Waals surface area contributed by atoms with Crippen molar-refractivity contribution in [3.8, 4) is 5.75 Å². The Morgan fingerprint density at radius 2 is 1.73 bits per heavy atom. The molecule has 3 N–H and O–H groups in total. The van der Waals surface area contributed by atoms with Crippen LogP contribution in [0.3, 0.4) is 0 Å². The first-order valence-corrected chi connectivity index (χ1v) is 10.2. The molecule has 30 heavy (non-hydrogen) atoms. The summed E-state index contributed by atoms with van der Waals surface area (Å²) in [5.74, 6) is -0.106. The molecule has 3 fully saturated rings. The van der Waals surface area contributed by atoms with Gasteiger partial charge in [-0.05, 0) is 49.1 Å². The summed E-state index contributed by atoms with van der Waals surface area (Å²) >= 11 is 11.8. The zero-order valence-electron chi connectivity index (χ0n) is 15.9. The highest BCUT2D eigenvalue weighted by atomic mass is 35.5. The molecule has 0 radical (unpaired) electrons. The lowest BCUT2D eigenvalue weighted by molar-refractivity contribution is -0.141. The number of hydrogen-bond acceptors (Lipinski definition) is 3. The second-order valence-corrected chi connectivity index (χ2v) is 8.76. The molecular weight excluding hydrogens is 432 g/mol. The summed E-state index contributed by atoms with van der Waals surface area (Å²) in [7, 11) is 0. The summed E-state index contributed by atoms with van der Waals surface area (Å²) in [6.45, 7) is 0.113. The summed E-state index contributed by atoms with van der Waals surface area (Å²) in [5.41, 5.74) is 0.117. The third-order valence-corrected chi connectivity index (χ3v) is 6.16. The van der Waals surface area contributed by atoms with Crippen molar-refractivity contribution < 1.29 is 18.7 Å². The monoisotopic (exact) mass is 451 g/mol. The molecule has 5 rings (SSSR count). The molecule has 2 aromatic rings. The van der Waals surface area contributed by atoms with Gasteiger partial charge in [0.15, 0.2) is 6.61 Å². The number of carbonyl (C=O) groups excluding carboxylic acids is 2. The van der Waals surface area contributed by atoms with Gasteiger partial charge >= 0.3 is 6.03 Å². The quantitative estimate of drug-likeness (QED) is 0.598. The number of ether oxygens (including phenoxy) is 1. The van der Waals surface area contributed by atoms with Gasteiger partial charge in [-0.2, -0.15) is 0 Å². The molecule has 3 aliphatic rings. The number of benzene rings is 2. The molecule has 0 aliphatic heterocycles. The predicted molar refractivity (Wildman–Crippen MR) is 111 cm³/mol. The number of hydrogen-bond donors (Lipinski definition) is 3. The molecule has 6 nitrogen and oxygen atoms in total. The van der Waals surface area contributed by atoms with Crippen molar-refractivity contribution in [2.75, 3.05) is 6.61 Å². The van der Waals surface area contributed by atoms with Crippen LogP contribution in [0, 0.1) is 5.82 Å². The van der Waals surface area contributed by atoms with Gasteiger partial charge < -0.3 is 20.7 Å². The van der Waals surface area contributed by atoms with Gasteiger partial charge in [-0.1, -0.05) is 35.3 Å². The van der Waals surface area contributed by atoms with Crippen molar-refractivity contribution in [2.24, 2.45) is 0 Å². The number of rotatable bonds is 7. The van der Waals surface area contributed by atoms with Gasteiger partial charge in [0, 0.05) is 23.7 Å². The molecular formula is C21H20Cl2FN3O3. The van der Waals surface area contributed by atoms with Crippen LogP contribution in [0.15, 0.2) is 42.5 Å². The van der Waals surface area contributed by atoms with Crippen LogP contribution in [0.25, 0.3) is 0 Å². The van der Waals surface area contributed by atoms with Gasteiger partial charge in [-0.15, -0.1) is 0 Å².